The summed E-state index contributed by atoms with van der Waals surface area (Å²) in [7, 11) is -3.70. The summed E-state index contributed by atoms with van der Waals surface area (Å²) in [4.78, 5) is 11.5. The van der Waals surface area contributed by atoms with Gasteiger partial charge in [-0.2, -0.15) is 4.31 Å². The highest BCUT2D eigenvalue weighted by molar-refractivity contribution is 7.89. The fraction of sp³-hybridized carbons (Fsp3) is 0.417. The van der Waals surface area contributed by atoms with Crippen LogP contribution in [0.25, 0.3) is 0 Å². The first-order valence-electron chi connectivity index (χ1n) is 6.02. The molecule has 1 unspecified atom stereocenters. The topological polar surface area (TPSA) is 106 Å². The number of nitrogen functional groups attached to an aromatic ring is 1. The van der Waals surface area contributed by atoms with Gasteiger partial charge < -0.3 is 11.5 Å². The van der Waals surface area contributed by atoms with Gasteiger partial charge >= 0.3 is 0 Å². The highest BCUT2D eigenvalue weighted by Crippen LogP contribution is 2.34. The lowest BCUT2D eigenvalue weighted by Gasteiger charge is -2.21. The molecule has 110 valence electrons. The first-order chi connectivity index (χ1) is 9.17. The first kappa shape index (κ1) is 15.1. The molecule has 2 rings (SSSR count). The smallest absolute Gasteiger partial charge is 0.243 e. The standard InChI is InChI=1S/C12H16ClN3O3S/c1-12(11(15)17)4-5-16(7-12)20(18,19)8-2-3-9(13)10(14)6-8/h2-3,6H,4-5,7,14H2,1H3,(H2,15,17). The molecule has 1 aliphatic rings. The molecule has 1 aliphatic heterocycles. The van der Waals surface area contributed by atoms with Crippen LogP contribution in [0.2, 0.25) is 5.02 Å². The van der Waals surface area contributed by atoms with Crippen molar-refractivity contribution in [3.05, 3.63) is 23.2 Å². The molecule has 1 heterocycles. The summed E-state index contributed by atoms with van der Waals surface area (Å²) >= 11 is 5.78. The highest BCUT2D eigenvalue weighted by atomic mass is 35.5. The van der Waals surface area contributed by atoms with Gasteiger partial charge in [0.15, 0.2) is 0 Å². The lowest BCUT2D eigenvalue weighted by atomic mass is 9.89. The van der Waals surface area contributed by atoms with Crippen LogP contribution < -0.4 is 11.5 Å². The minimum Gasteiger partial charge on any atom is -0.397 e. The maximum atomic E-state index is 12.5. The molecule has 8 heteroatoms. The average Bonchev–Trinajstić information content (AvgIpc) is 2.77. The van der Waals surface area contributed by atoms with Crippen LogP contribution in [-0.2, 0) is 14.8 Å². The van der Waals surface area contributed by atoms with E-state index in [1.807, 2.05) is 0 Å². The second kappa shape index (κ2) is 4.91. The summed E-state index contributed by atoms with van der Waals surface area (Å²) in [5.74, 6) is -0.495. The largest absolute Gasteiger partial charge is 0.397 e. The third-order valence-corrected chi connectivity index (χ3v) is 5.82. The molecule has 1 amide bonds. The van der Waals surface area contributed by atoms with Crippen LogP contribution in [0.5, 0.6) is 0 Å². The van der Waals surface area contributed by atoms with Gasteiger partial charge in [0.05, 0.1) is 21.0 Å². The monoisotopic (exact) mass is 317 g/mol. The second-order valence-electron chi connectivity index (χ2n) is 5.20. The van der Waals surface area contributed by atoms with Gasteiger partial charge in [-0.25, -0.2) is 8.42 Å². The van der Waals surface area contributed by atoms with Crippen LogP contribution in [0.3, 0.4) is 0 Å². The molecule has 0 aromatic heterocycles. The molecular formula is C12H16ClN3O3S. The number of sulfonamides is 1. The van der Waals surface area contributed by atoms with Crippen LogP contribution in [0, 0.1) is 5.41 Å². The van der Waals surface area contributed by atoms with Gasteiger partial charge in [-0.1, -0.05) is 11.6 Å². The van der Waals surface area contributed by atoms with Crippen molar-refractivity contribution in [1.29, 1.82) is 0 Å². The normalized spacial score (nSPS) is 23.9. The van der Waals surface area contributed by atoms with Crippen molar-refractivity contribution in [2.45, 2.75) is 18.2 Å². The Labute approximate surface area is 122 Å². The van der Waals surface area contributed by atoms with Gasteiger partial charge in [-0.15, -0.1) is 0 Å². The third-order valence-electron chi connectivity index (χ3n) is 3.64. The van der Waals surface area contributed by atoms with Crippen molar-refractivity contribution in [3.63, 3.8) is 0 Å². The van der Waals surface area contributed by atoms with E-state index in [9.17, 15) is 13.2 Å². The van der Waals surface area contributed by atoms with Gasteiger partial charge in [-0.3, -0.25) is 4.79 Å². The number of benzene rings is 1. The molecule has 1 aromatic carbocycles. The maximum Gasteiger partial charge on any atom is 0.243 e. The van der Waals surface area contributed by atoms with E-state index in [2.05, 4.69) is 0 Å². The maximum absolute atomic E-state index is 12.5. The van der Waals surface area contributed by atoms with Crippen LogP contribution in [-0.4, -0.2) is 31.7 Å². The number of anilines is 1. The summed E-state index contributed by atoms with van der Waals surface area (Å²) in [6.07, 6.45) is 0.407. The Bertz CT molecular complexity index is 662. The Kier molecular flexibility index (Phi) is 3.70. The fourth-order valence-electron chi connectivity index (χ4n) is 2.16. The van der Waals surface area contributed by atoms with Gasteiger partial charge in [0.1, 0.15) is 0 Å². The van der Waals surface area contributed by atoms with E-state index in [4.69, 9.17) is 23.1 Å². The minimum absolute atomic E-state index is 0.0631. The molecule has 20 heavy (non-hydrogen) atoms. The number of carbonyl (C=O) groups excluding carboxylic acids is 1. The van der Waals surface area contributed by atoms with E-state index >= 15 is 0 Å². The van der Waals surface area contributed by atoms with Gasteiger partial charge in [0.25, 0.3) is 0 Å². The van der Waals surface area contributed by atoms with Crippen LogP contribution in [0.4, 0.5) is 5.69 Å². The summed E-state index contributed by atoms with van der Waals surface area (Å²) in [5.41, 5.74) is 10.3. The number of hydrogen-bond donors (Lipinski definition) is 2. The summed E-state index contributed by atoms with van der Waals surface area (Å²) < 4.78 is 26.2. The molecule has 1 fully saturated rings. The molecule has 6 nitrogen and oxygen atoms in total. The number of halogens is 1. The fourth-order valence-corrected chi connectivity index (χ4v) is 3.87. The van der Waals surface area contributed by atoms with Crippen molar-refractivity contribution in [3.8, 4) is 0 Å². The van der Waals surface area contributed by atoms with Crippen molar-refractivity contribution < 1.29 is 13.2 Å². The quantitative estimate of drug-likeness (QED) is 0.804. The number of rotatable bonds is 3. The lowest BCUT2D eigenvalue weighted by molar-refractivity contribution is -0.126. The molecule has 0 bridgehead atoms. The van der Waals surface area contributed by atoms with E-state index in [0.717, 1.165) is 0 Å². The number of nitrogens with two attached hydrogens (primary N) is 2. The van der Waals surface area contributed by atoms with Gasteiger partial charge in [0.2, 0.25) is 15.9 Å². The summed E-state index contributed by atoms with van der Waals surface area (Å²) in [6.45, 7) is 2.00. The van der Waals surface area contributed by atoms with Crippen molar-refractivity contribution in [1.82, 2.24) is 4.31 Å². The van der Waals surface area contributed by atoms with Crippen molar-refractivity contribution in [2.75, 3.05) is 18.8 Å². The van der Waals surface area contributed by atoms with Crippen LogP contribution in [0.15, 0.2) is 23.1 Å². The van der Waals surface area contributed by atoms with Gasteiger partial charge in [0, 0.05) is 13.1 Å². The molecule has 1 atom stereocenters. The number of hydrogen-bond acceptors (Lipinski definition) is 4. The SMILES string of the molecule is CC1(C(N)=O)CCN(S(=O)(=O)c2ccc(Cl)c(N)c2)C1. The second-order valence-corrected chi connectivity index (χ2v) is 7.54. The van der Waals surface area contributed by atoms with E-state index in [-0.39, 0.29) is 23.7 Å². The zero-order chi connectivity index (χ0) is 15.1. The Morgan fingerprint density at radius 2 is 2.10 bits per heavy atom. The van der Waals surface area contributed by atoms with Crippen LogP contribution >= 0.6 is 11.6 Å². The number of nitrogens with zero attached hydrogens (tertiary/aromatic N) is 1. The number of amides is 1. The molecule has 0 spiro atoms. The first-order valence-corrected chi connectivity index (χ1v) is 7.84. The minimum atomic E-state index is -3.70. The Hall–Kier alpha value is -1.31. The van der Waals surface area contributed by atoms with Crippen molar-refractivity contribution in [2.24, 2.45) is 11.1 Å². The average molecular weight is 318 g/mol. The molecule has 1 aromatic rings. The van der Waals surface area contributed by atoms with E-state index in [1.54, 1.807) is 6.92 Å². The molecule has 4 N–H and O–H groups in total. The lowest BCUT2D eigenvalue weighted by Crippen LogP contribution is -2.38. The summed E-state index contributed by atoms with van der Waals surface area (Å²) in [5, 5.41) is 0.298. The Morgan fingerprint density at radius 1 is 1.45 bits per heavy atom. The van der Waals surface area contributed by atoms with Crippen LogP contribution in [0.1, 0.15) is 13.3 Å². The van der Waals surface area contributed by atoms with E-state index in [1.165, 1.54) is 22.5 Å². The number of primary amides is 1. The zero-order valence-electron chi connectivity index (χ0n) is 11.0. The van der Waals surface area contributed by atoms with E-state index < -0.39 is 21.3 Å². The van der Waals surface area contributed by atoms with E-state index in [0.29, 0.717) is 11.4 Å². The molecule has 0 radical (unpaired) electrons. The molecule has 0 aliphatic carbocycles. The molecular weight excluding hydrogens is 302 g/mol. The predicted octanol–water partition coefficient (Wildman–Crippen LogP) is 0.808. The number of carbonyl (C=O) groups is 1. The molecule has 1 saturated heterocycles. The summed E-state index contributed by atoms with van der Waals surface area (Å²) in [6, 6.07) is 4.15. The highest BCUT2D eigenvalue weighted by Gasteiger charge is 2.43. The zero-order valence-corrected chi connectivity index (χ0v) is 12.5. The van der Waals surface area contributed by atoms with Crippen molar-refractivity contribution >= 4 is 33.2 Å². The molecule has 0 saturated carbocycles. The Balaban J connectivity index is 2.33. The third kappa shape index (κ3) is 2.48. The predicted molar refractivity (Wildman–Crippen MR) is 76.5 cm³/mol. The van der Waals surface area contributed by atoms with Gasteiger partial charge in [-0.05, 0) is 31.5 Å². The Morgan fingerprint density at radius 3 is 2.60 bits per heavy atom.